The van der Waals surface area contributed by atoms with Crippen LogP contribution in [-0.2, 0) is 10.1 Å². The van der Waals surface area contributed by atoms with Crippen LogP contribution in [0.5, 0.6) is 5.75 Å². The monoisotopic (exact) mass is 327 g/mol. The smallest absolute Gasteiger partial charge is 0.339 e. The second-order valence-corrected chi connectivity index (χ2v) is 6.66. The van der Waals surface area contributed by atoms with Crippen molar-refractivity contribution in [3.8, 4) is 5.75 Å². The van der Waals surface area contributed by atoms with Crippen molar-refractivity contribution in [1.29, 1.82) is 5.41 Å². The van der Waals surface area contributed by atoms with Gasteiger partial charge in [0, 0.05) is 11.1 Å². The van der Waals surface area contributed by atoms with Gasteiger partial charge < -0.3 is 4.18 Å². The Morgan fingerprint density at radius 3 is 2.39 bits per heavy atom. The van der Waals surface area contributed by atoms with Crippen molar-refractivity contribution in [2.45, 2.75) is 11.8 Å². The van der Waals surface area contributed by atoms with E-state index in [0.717, 1.165) is 5.56 Å². The average Bonchev–Trinajstić information content (AvgIpc) is 2.52. The molecule has 0 atom stereocenters. The zero-order valence-corrected chi connectivity index (χ0v) is 13.1. The zero-order valence-electron chi connectivity index (χ0n) is 12.2. The van der Waals surface area contributed by atoms with E-state index in [-0.39, 0.29) is 27.5 Å². The molecule has 0 heterocycles. The lowest BCUT2D eigenvalue weighted by Gasteiger charge is -2.15. The Kier molecular flexibility index (Phi) is 3.61. The minimum atomic E-state index is -4.08. The molecule has 0 aliphatic heterocycles. The first-order valence-corrected chi connectivity index (χ1v) is 8.25. The van der Waals surface area contributed by atoms with Gasteiger partial charge in [0.2, 0.25) is 5.78 Å². The van der Waals surface area contributed by atoms with E-state index >= 15 is 0 Å². The fraction of sp³-hybridized carbons (Fsp3) is 0.0588. The van der Waals surface area contributed by atoms with E-state index in [2.05, 4.69) is 0 Å². The van der Waals surface area contributed by atoms with E-state index in [1.54, 1.807) is 24.3 Å². The van der Waals surface area contributed by atoms with E-state index < -0.39 is 15.9 Å². The Labute approximate surface area is 133 Å². The summed E-state index contributed by atoms with van der Waals surface area (Å²) in [6, 6.07) is 11.0. The van der Waals surface area contributed by atoms with Crippen LogP contribution in [0.15, 0.2) is 53.4 Å². The molecule has 0 saturated carbocycles. The highest BCUT2D eigenvalue weighted by molar-refractivity contribution is 7.87. The molecule has 0 amide bonds. The summed E-state index contributed by atoms with van der Waals surface area (Å²) >= 11 is 0. The molecule has 5 nitrogen and oxygen atoms in total. The molecule has 3 rings (SSSR count). The third kappa shape index (κ3) is 2.80. The number of carbonyl (C=O) groups excluding carboxylic acids is 1. The van der Waals surface area contributed by atoms with Gasteiger partial charge in [-0.3, -0.25) is 10.2 Å². The summed E-state index contributed by atoms with van der Waals surface area (Å²) in [4.78, 5) is 11.9. The highest BCUT2D eigenvalue weighted by atomic mass is 32.2. The largest absolute Gasteiger partial charge is 0.379 e. The Balaban J connectivity index is 2.06. The summed E-state index contributed by atoms with van der Waals surface area (Å²) in [5.41, 5.74) is 1.25. The fourth-order valence-electron chi connectivity index (χ4n) is 2.28. The molecule has 23 heavy (non-hydrogen) atoms. The summed E-state index contributed by atoms with van der Waals surface area (Å²) in [5.74, 6) is -0.304. The second kappa shape index (κ2) is 5.48. The summed E-state index contributed by atoms with van der Waals surface area (Å²) in [6.07, 6.45) is 2.74. The standard InChI is InChI=1S/C17H13NO4S/c1-11-5-7-12(8-6-11)22-23(20,21)16-4-2-3-14-13(16)9-10-15(18)17(14)19/h2-10,18H,1H3. The van der Waals surface area contributed by atoms with Crippen molar-refractivity contribution >= 4 is 27.7 Å². The van der Waals surface area contributed by atoms with Gasteiger partial charge in [0.15, 0.2) is 0 Å². The fourth-order valence-corrected chi connectivity index (χ4v) is 3.43. The van der Waals surface area contributed by atoms with Crippen molar-refractivity contribution in [3.63, 3.8) is 0 Å². The van der Waals surface area contributed by atoms with Gasteiger partial charge in [-0.1, -0.05) is 35.9 Å². The van der Waals surface area contributed by atoms with E-state index in [4.69, 9.17) is 9.59 Å². The number of hydrogen-bond acceptors (Lipinski definition) is 5. The minimum absolute atomic E-state index is 0.0901. The van der Waals surface area contributed by atoms with Crippen LogP contribution < -0.4 is 4.18 Å². The van der Waals surface area contributed by atoms with Crippen molar-refractivity contribution in [2.75, 3.05) is 0 Å². The lowest BCUT2D eigenvalue weighted by molar-refractivity contribution is 0.106. The Morgan fingerprint density at radius 1 is 1.00 bits per heavy atom. The predicted octanol–water partition coefficient (Wildman–Crippen LogP) is 2.99. The number of rotatable bonds is 3. The van der Waals surface area contributed by atoms with E-state index in [1.807, 2.05) is 6.92 Å². The molecule has 0 fully saturated rings. The maximum Gasteiger partial charge on any atom is 0.339 e. The molecule has 1 aliphatic carbocycles. The number of Topliss-reactive ketones (excluding diaryl/α,β-unsaturated/α-hetero) is 1. The zero-order chi connectivity index (χ0) is 16.6. The third-order valence-corrected chi connectivity index (χ3v) is 4.77. The number of nitrogens with one attached hydrogen (secondary N) is 1. The van der Waals surface area contributed by atoms with Gasteiger partial charge in [0.25, 0.3) is 0 Å². The van der Waals surface area contributed by atoms with Gasteiger partial charge >= 0.3 is 10.1 Å². The molecular weight excluding hydrogens is 314 g/mol. The number of ketones is 1. The summed E-state index contributed by atoms with van der Waals surface area (Å²) < 4.78 is 30.2. The van der Waals surface area contributed by atoms with Gasteiger partial charge in [-0.25, -0.2) is 0 Å². The number of allylic oxidation sites excluding steroid dienone is 1. The van der Waals surface area contributed by atoms with Crippen LogP contribution in [0.1, 0.15) is 21.5 Å². The van der Waals surface area contributed by atoms with Crippen LogP contribution in [0.3, 0.4) is 0 Å². The van der Waals surface area contributed by atoms with E-state index in [0.29, 0.717) is 0 Å². The van der Waals surface area contributed by atoms with Gasteiger partial charge in [0.1, 0.15) is 16.4 Å². The molecule has 2 aromatic carbocycles. The molecule has 0 radical (unpaired) electrons. The molecular formula is C17H13NO4S. The maximum absolute atomic E-state index is 12.5. The number of benzene rings is 2. The maximum atomic E-state index is 12.5. The first-order chi connectivity index (χ1) is 10.9. The first-order valence-electron chi connectivity index (χ1n) is 6.84. The van der Waals surface area contributed by atoms with Crippen LogP contribution in [-0.4, -0.2) is 19.9 Å². The Bertz CT molecular complexity index is 941. The molecule has 1 N–H and O–H groups in total. The van der Waals surface area contributed by atoms with Crippen molar-refractivity contribution in [3.05, 3.63) is 65.2 Å². The van der Waals surface area contributed by atoms with Gasteiger partial charge in [-0.2, -0.15) is 8.42 Å². The number of carbonyl (C=O) groups is 1. The third-order valence-electron chi connectivity index (χ3n) is 3.47. The molecule has 0 unspecified atom stereocenters. The topological polar surface area (TPSA) is 84.3 Å². The molecule has 0 spiro atoms. The first kappa shape index (κ1) is 15.2. The van der Waals surface area contributed by atoms with Crippen LogP contribution >= 0.6 is 0 Å². The number of fused-ring (bicyclic) bond motifs is 1. The summed E-state index contributed by atoms with van der Waals surface area (Å²) in [5, 5.41) is 7.53. The van der Waals surface area contributed by atoms with E-state index in [1.165, 1.54) is 30.4 Å². The minimum Gasteiger partial charge on any atom is -0.379 e. The van der Waals surface area contributed by atoms with E-state index in [9.17, 15) is 13.2 Å². The average molecular weight is 327 g/mol. The normalized spacial score (nSPS) is 13.8. The van der Waals surface area contributed by atoms with Crippen molar-refractivity contribution < 1.29 is 17.4 Å². The molecule has 6 heteroatoms. The van der Waals surface area contributed by atoms with Crippen LogP contribution in [0.4, 0.5) is 0 Å². The lowest BCUT2D eigenvalue weighted by atomic mass is 9.95. The van der Waals surface area contributed by atoms with Crippen molar-refractivity contribution in [2.24, 2.45) is 0 Å². The van der Waals surface area contributed by atoms with Gasteiger partial charge in [-0.05, 0) is 31.2 Å². The predicted molar refractivity (Wildman–Crippen MR) is 86.5 cm³/mol. The van der Waals surface area contributed by atoms with Gasteiger partial charge in [0.05, 0.1) is 0 Å². The van der Waals surface area contributed by atoms with Crippen molar-refractivity contribution in [1.82, 2.24) is 0 Å². The second-order valence-electron chi connectivity index (χ2n) is 5.14. The molecule has 0 aromatic heterocycles. The lowest BCUT2D eigenvalue weighted by Crippen LogP contribution is -2.19. The molecule has 2 aromatic rings. The van der Waals surface area contributed by atoms with Gasteiger partial charge in [-0.15, -0.1) is 0 Å². The SMILES string of the molecule is Cc1ccc(OS(=O)(=O)c2cccc3c2C=CC(=N)C3=O)cc1. The molecule has 1 aliphatic rings. The molecule has 116 valence electrons. The van der Waals surface area contributed by atoms with Crippen LogP contribution in [0.2, 0.25) is 0 Å². The Morgan fingerprint density at radius 2 is 1.70 bits per heavy atom. The molecule has 0 saturated heterocycles. The van der Waals surface area contributed by atoms with Crippen LogP contribution in [0.25, 0.3) is 6.08 Å². The highest BCUT2D eigenvalue weighted by Gasteiger charge is 2.27. The number of aryl methyl sites for hydroxylation is 1. The summed E-state index contributed by atoms with van der Waals surface area (Å²) in [6.45, 7) is 1.89. The van der Waals surface area contributed by atoms with Crippen LogP contribution in [0, 0.1) is 12.3 Å². The Hall–Kier alpha value is -2.73. The summed E-state index contributed by atoms with van der Waals surface area (Å²) in [7, 11) is -4.08. The highest BCUT2D eigenvalue weighted by Crippen LogP contribution is 2.27. The quantitative estimate of drug-likeness (QED) is 0.878. The molecule has 0 bridgehead atoms. The number of hydrogen-bond donors (Lipinski definition) is 1.